The van der Waals surface area contributed by atoms with Crippen molar-refractivity contribution in [3.05, 3.63) is 35.4 Å². The molecule has 0 saturated heterocycles. The van der Waals surface area contributed by atoms with Gasteiger partial charge in [0.05, 0.1) is 12.6 Å². The molecular weight excluding hydrogens is 252 g/mol. The number of rotatable bonds is 8. The second kappa shape index (κ2) is 8.72. The number of amides is 1. The van der Waals surface area contributed by atoms with E-state index in [-0.39, 0.29) is 11.9 Å². The summed E-state index contributed by atoms with van der Waals surface area (Å²) < 4.78 is 5.42. The van der Waals surface area contributed by atoms with Gasteiger partial charge in [0.2, 0.25) is 0 Å². The van der Waals surface area contributed by atoms with Gasteiger partial charge in [0.15, 0.2) is 0 Å². The third-order valence-corrected chi connectivity index (χ3v) is 3.27. The second-order valence-corrected chi connectivity index (χ2v) is 5.22. The SMILES string of the molecule is CCOCC(NC(=O)c1ccc(CCN)cc1)C(C)C. The lowest BCUT2D eigenvalue weighted by molar-refractivity contribution is 0.0806. The Labute approximate surface area is 121 Å². The minimum atomic E-state index is -0.0531. The fourth-order valence-corrected chi connectivity index (χ4v) is 1.89. The fraction of sp³-hybridized carbons (Fsp3) is 0.562. The van der Waals surface area contributed by atoms with Gasteiger partial charge in [-0.1, -0.05) is 26.0 Å². The molecule has 0 aliphatic rings. The van der Waals surface area contributed by atoms with Crippen LogP contribution in [0.4, 0.5) is 0 Å². The van der Waals surface area contributed by atoms with Crippen LogP contribution in [0.1, 0.15) is 36.7 Å². The molecular formula is C16H26N2O2. The Morgan fingerprint density at radius 3 is 2.45 bits per heavy atom. The maximum atomic E-state index is 12.2. The van der Waals surface area contributed by atoms with Crippen molar-refractivity contribution >= 4 is 5.91 Å². The van der Waals surface area contributed by atoms with Gasteiger partial charge in [-0.05, 0) is 43.5 Å². The van der Waals surface area contributed by atoms with Crippen LogP contribution in [0, 0.1) is 5.92 Å². The second-order valence-electron chi connectivity index (χ2n) is 5.22. The largest absolute Gasteiger partial charge is 0.380 e. The fourth-order valence-electron chi connectivity index (χ4n) is 1.89. The number of carbonyl (C=O) groups is 1. The third-order valence-electron chi connectivity index (χ3n) is 3.27. The lowest BCUT2D eigenvalue weighted by Gasteiger charge is -2.22. The summed E-state index contributed by atoms with van der Waals surface area (Å²) in [5, 5.41) is 3.03. The Hall–Kier alpha value is -1.39. The van der Waals surface area contributed by atoms with Crippen LogP contribution in [-0.2, 0) is 11.2 Å². The van der Waals surface area contributed by atoms with E-state index >= 15 is 0 Å². The summed E-state index contributed by atoms with van der Waals surface area (Å²) >= 11 is 0. The predicted octanol–water partition coefficient (Wildman–Crippen LogP) is 1.98. The van der Waals surface area contributed by atoms with Gasteiger partial charge < -0.3 is 15.8 Å². The molecule has 3 N–H and O–H groups in total. The summed E-state index contributed by atoms with van der Waals surface area (Å²) in [5.74, 6) is 0.282. The maximum absolute atomic E-state index is 12.2. The van der Waals surface area contributed by atoms with Crippen molar-refractivity contribution in [2.24, 2.45) is 11.7 Å². The average molecular weight is 278 g/mol. The van der Waals surface area contributed by atoms with Gasteiger partial charge in [-0.2, -0.15) is 0 Å². The predicted molar refractivity (Wildman–Crippen MR) is 81.8 cm³/mol. The Kier molecular flexibility index (Phi) is 7.26. The molecule has 4 nitrogen and oxygen atoms in total. The van der Waals surface area contributed by atoms with E-state index < -0.39 is 0 Å². The Morgan fingerprint density at radius 1 is 1.30 bits per heavy atom. The third kappa shape index (κ3) is 5.31. The van der Waals surface area contributed by atoms with Gasteiger partial charge in [0.1, 0.15) is 0 Å². The Bertz CT molecular complexity index is 401. The van der Waals surface area contributed by atoms with E-state index in [4.69, 9.17) is 10.5 Å². The number of nitrogens with two attached hydrogens (primary N) is 1. The van der Waals surface area contributed by atoms with Gasteiger partial charge in [0, 0.05) is 12.2 Å². The average Bonchev–Trinajstić information content (AvgIpc) is 2.44. The number of nitrogens with one attached hydrogen (secondary N) is 1. The van der Waals surface area contributed by atoms with Gasteiger partial charge >= 0.3 is 0 Å². The molecule has 1 aromatic rings. The number of benzene rings is 1. The lowest BCUT2D eigenvalue weighted by Crippen LogP contribution is -2.41. The molecule has 0 spiro atoms. The van der Waals surface area contributed by atoms with Crippen LogP contribution < -0.4 is 11.1 Å². The number of carbonyl (C=O) groups excluding carboxylic acids is 1. The van der Waals surface area contributed by atoms with Crippen LogP contribution in [0.15, 0.2) is 24.3 Å². The van der Waals surface area contributed by atoms with E-state index in [2.05, 4.69) is 19.2 Å². The number of hydrogen-bond donors (Lipinski definition) is 2. The molecule has 0 radical (unpaired) electrons. The molecule has 1 atom stereocenters. The van der Waals surface area contributed by atoms with Crippen LogP contribution in [0.5, 0.6) is 0 Å². The molecule has 4 heteroatoms. The topological polar surface area (TPSA) is 64.3 Å². The normalized spacial score (nSPS) is 12.4. The minimum absolute atomic E-state index is 0.0335. The maximum Gasteiger partial charge on any atom is 0.251 e. The van der Waals surface area contributed by atoms with E-state index in [1.54, 1.807) is 0 Å². The molecule has 0 saturated carbocycles. The number of hydrogen-bond acceptors (Lipinski definition) is 3. The van der Waals surface area contributed by atoms with Crippen LogP contribution in [0.2, 0.25) is 0 Å². The summed E-state index contributed by atoms with van der Waals surface area (Å²) in [6, 6.07) is 7.63. The summed E-state index contributed by atoms with van der Waals surface area (Å²) in [7, 11) is 0. The molecule has 0 bridgehead atoms. The molecule has 1 rings (SSSR count). The van der Waals surface area contributed by atoms with Crippen molar-refractivity contribution in [2.75, 3.05) is 19.8 Å². The van der Waals surface area contributed by atoms with E-state index in [9.17, 15) is 4.79 Å². The van der Waals surface area contributed by atoms with Crippen LogP contribution >= 0.6 is 0 Å². The van der Waals surface area contributed by atoms with E-state index in [0.29, 0.717) is 31.2 Å². The van der Waals surface area contributed by atoms with E-state index in [1.165, 1.54) is 0 Å². The van der Waals surface area contributed by atoms with Gasteiger partial charge in [-0.3, -0.25) is 4.79 Å². The molecule has 20 heavy (non-hydrogen) atoms. The molecule has 0 aliphatic carbocycles. The van der Waals surface area contributed by atoms with Crippen molar-refractivity contribution < 1.29 is 9.53 Å². The highest BCUT2D eigenvalue weighted by atomic mass is 16.5. The van der Waals surface area contributed by atoms with Crippen LogP contribution in [0.3, 0.4) is 0 Å². The zero-order chi connectivity index (χ0) is 15.0. The summed E-state index contributed by atoms with van der Waals surface area (Å²) in [5.41, 5.74) is 7.34. The molecule has 0 aromatic heterocycles. The van der Waals surface area contributed by atoms with Crippen molar-refractivity contribution in [3.8, 4) is 0 Å². The summed E-state index contributed by atoms with van der Waals surface area (Å²) in [6.07, 6.45) is 0.834. The molecule has 1 amide bonds. The first-order valence-corrected chi connectivity index (χ1v) is 7.26. The first kappa shape index (κ1) is 16.7. The zero-order valence-corrected chi connectivity index (χ0v) is 12.7. The summed E-state index contributed by atoms with van der Waals surface area (Å²) in [6.45, 7) is 7.94. The Morgan fingerprint density at radius 2 is 1.95 bits per heavy atom. The highest BCUT2D eigenvalue weighted by molar-refractivity contribution is 5.94. The van der Waals surface area contributed by atoms with E-state index in [0.717, 1.165) is 12.0 Å². The standard InChI is InChI=1S/C16H26N2O2/c1-4-20-11-15(12(2)3)18-16(19)14-7-5-13(6-8-14)9-10-17/h5-8,12,15H,4,9-11,17H2,1-3H3,(H,18,19). The van der Waals surface area contributed by atoms with Gasteiger partial charge in [0.25, 0.3) is 5.91 Å². The summed E-state index contributed by atoms with van der Waals surface area (Å²) in [4.78, 5) is 12.2. The van der Waals surface area contributed by atoms with Gasteiger partial charge in [-0.25, -0.2) is 0 Å². The minimum Gasteiger partial charge on any atom is -0.380 e. The highest BCUT2D eigenvalue weighted by Gasteiger charge is 2.17. The first-order valence-electron chi connectivity index (χ1n) is 7.26. The molecule has 112 valence electrons. The monoisotopic (exact) mass is 278 g/mol. The number of ether oxygens (including phenoxy) is 1. The first-order chi connectivity index (χ1) is 9.58. The highest BCUT2D eigenvalue weighted by Crippen LogP contribution is 2.08. The molecule has 0 fully saturated rings. The van der Waals surface area contributed by atoms with Crippen molar-refractivity contribution in [2.45, 2.75) is 33.2 Å². The van der Waals surface area contributed by atoms with Crippen molar-refractivity contribution in [3.63, 3.8) is 0 Å². The quantitative estimate of drug-likeness (QED) is 0.764. The lowest BCUT2D eigenvalue weighted by atomic mass is 10.0. The molecule has 1 aromatic carbocycles. The van der Waals surface area contributed by atoms with Gasteiger partial charge in [-0.15, -0.1) is 0 Å². The van der Waals surface area contributed by atoms with Crippen LogP contribution in [0.25, 0.3) is 0 Å². The van der Waals surface area contributed by atoms with Crippen LogP contribution in [-0.4, -0.2) is 31.7 Å². The van der Waals surface area contributed by atoms with E-state index in [1.807, 2.05) is 31.2 Å². The van der Waals surface area contributed by atoms with Crippen molar-refractivity contribution in [1.29, 1.82) is 0 Å². The molecule has 1 unspecified atom stereocenters. The molecule has 0 aliphatic heterocycles. The smallest absolute Gasteiger partial charge is 0.251 e. The van der Waals surface area contributed by atoms with Crippen molar-refractivity contribution in [1.82, 2.24) is 5.32 Å². The molecule has 0 heterocycles. The Balaban J connectivity index is 2.63. The zero-order valence-electron chi connectivity index (χ0n) is 12.7.